The van der Waals surface area contributed by atoms with Crippen molar-refractivity contribution in [2.24, 2.45) is 81.8 Å². The van der Waals surface area contributed by atoms with Gasteiger partial charge in [-0.2, -0.15) is 10.2 Å². The molecule has 4 aromatic heterocycles. The normalized spacial score (nSPS) is 42.8. The predicted molar refractivity (Wildman–Crippen MR) is 255 cm³/mol. The lowest BCUT2D eigenvalue weighted by Crippen LogP contribution is -2.51. The quantitative estimate of drug-likeness (QED) is 0.161. The summed E-state index contributed by atoms with van der Waals surface area (Å²) in [7, 11) is 0. The van der Waals surface area contributed by atoms with E-state index in [9.17, 15) is 19.8 Å². The Morgan fingerprint density at radius 2 is 1.29 bits per heavy atom. The number of aromatic nitrogens is 6. The Morgan fingerprint density at radius 3 is 1.95 bits per heavy atom. The molecule has 4 aromatic rings. The van der Waals surface area contributed by atoms with Crippen LogP contribution in [-0.4, -0.2) is 62.5 Å². The largest absolute Gasteiger partial charge is 0.390 e. The van der Waals surface area contributed by atoms with Gasteiger partial charge in [-0.1, -0.05) is 20.8 Å². The van der Waals surface area contributed by atoms with Crippen LogP contribution in [0.2, 0.25) is 0 Å². The minimum absolute atomic E-state index is 0.0688. The van der Waals surface area contributed by atoms with E-state index in [0.29, 0.717) is 60.2 Å². The molecule has 0 saturated heterocycles. The van der Waals surface area contributed by atoms with Crippen LogP contribution in [0.1, 0.15) is 155 Å². The molecule has 0 spiro atoms. The maximum absolute atomic E-state index is 14.2. The summed E-state index contributed by atoms with van der Waals surface area (Å²) in [4.78, 5) is 37.5. The number of fused-ring (bicyclic) bond motifs is 12. The van der Waals surface area contributed by atoms with Crippen LogP contribution in [0.25, 0.3) is 22.1 Å². The second kappa shape index (κ2) is 16.3. The highest BCUT2D eigenvalue weighted by Crippen LogP contribution is 2.66. The molecule has 0 aliphatic heterocycles. The molecule has 0 aromatic carbocycles. The molecule has 2 N–H and O–H groups in total. The first-order valence-corrected chi connectivity index (χ1v) is 26.9. The number of pyridine rings is 2. The van der Waals surface area contributed by atoms with Crippen molar-refractivity contribution in [1.29, 1.82) is 0 Å². The van der Waals surface area contributed by atoms with Gasteiger partial charge in [0.2, 0.25) is 0 Å². The van der Waals surface area contributed by atoms with Gasteiger partial charge in [0.1, 0.15) is 23.1 Å². The zero-order valence-corrected chi connectivity index (χ0v) is 40.1. The van der Waals surface area contributed by atoms with E-state index < -0.39 is 11.2 Å². The molecule has 8 saturated carbocycles. The highest BCUT2D eigenvalue weighted by atomic mass is 16.3. The lowest BCUT2D eigenvalue weighted by molar-refractivity contribution is -0.134. The number of aryl methyl sites for hydroxylation is 1. The topological polar surface area (TPSA) is 136 Å². The molecule has 12 rings (SSSR count). The number of Topliss-reactive ketones (excluding diaryl/α,β-unsaturated/α-hetero) is 2. The average molecular weight is 897 g/mol. The van der Waals surface area contributed by atoms with Crippen molar-refractivity contribution in [3.05, 3.63) is 48.5 Å². The third-order valence-corrected chi connectivity index (χ3v) is 22.0. The van der Waals surface area contributed by atoms with E-state index in [1.807, 2.05) is 33.9 Å². The van der Waals surface area contributed by atoms with Crippen molar-refractivity contribution in [1.82, 2.24) is 29.5 Å². The van der Waals surface area contributed by atoms with E-state index in [2.05, 4.69) is 36.9 Å². The number of carbonyl (C=O) groups excluding carboxylic acids is 2. The molecule has 0 unspecified atom stereocenters. The minimum Gasteiger partial charge on any atom is -0.390 e. The van der Waals surface area contributed by atoms with Gasteiger partial charge in [-0.25, -0.2) is 0 Å². The maximum Gasteiger partial charge on any atom is 0.157 e. The van der Waals surface area contributed by atoms with Gasteiger partial charge < -0.3 is 10.2 Å². The van der Waals surface area contributed by atoms with E-state index in [1.54, 1.807) is 12.4 Å². The molecule has 10 nitrogen and oxygen atoms in total. The van der Waals surface area contributed by atoms with Crippen LogP contribution >= 0.6 is 0 Å². The van der Waals surface area contributed by atoms with Crippen LogP contribution in [0.15, 0.2) is 43.0 Å². The Bertz CT molecular complexity index is 2500. The van der Waals surface area contributed by atoms with E-state index in [1.165, 1.54) is 57.8 Å². The molecular formula is C56H76N6O4. The van der Waals surface area contributed by atoms with Crippen molar-refractivity contribution in [3.8, 4) is 0 Å². The highest BCUT2D eigenvalue weighted by molar-refractivity contribution is 5.84. The summed E-state index contributed by atoms with van der Waals surface area (Å²) in [5.41, 5.74) is 3.63. The van der Waals surface area contributed by atoms with Gasteiger partial charge in [-0.15, -0.1) is 0 Å². The lowest BCUT2D eigenvalue weighted by Gasteiger charge is -2.57. The molecule has 66 heavy (non-hydrogen) atoms. The van der Waals surface area contributed by atoms with Crippen LogP contribution in [0.4, 0.5) is 0 Å². The number of aliphatic hydroxyl groups is 2. The number of hydrogen-bond acceptors (Lipinski definition) is 8. The third kappa shape index (κ3) is 7.20. The Labute approximate surface area is 391 Å². The third-order valence-electron chi connectivity index (χ3n) is 22.0. The average Bonchev–Trinajstić information content (AvgIpc) is 4.10. The van der Waals surface area contributed by atoms with Crippen LogP contribution in [0.5, 0.6) is 0 Å². The van der Waals surface area contributed by atoms with Gasteiger partial charge in [0.25, 0.3) is 0 Å². The number of hydrogen-bond donors (Lipinski definition) is 2. The van der Waals surface area contributed by atoms with Gasteiger partial charge >= 0.3 is 0 Å². The Hall–Kier alpha value is -3.50. The molecule has 0 radical (unpaired) electrons. The molecule has 0 amide bonds. The SMILES string of the molecule is CC[C@@]1(O)CC[C@H]2[C@H](CC[C@@H]3[C@@H]2CC[C@]2(C)[C@@H](C(=O)Cn4cc5ncc(CC[C@@]6(O)CC[C@H]7[C@H](CC[C@@H]8[C@@H]7CC[C@]7(C)[C@@H](C(=O)Cn9ncc%10ncccc%109)CC[C@@H]87)C6)cc5n4)CC[C@@H]32)C1. The van der Waals surface area contributed by atoms with Gasteiger partial charge in [0.15, 0.2) is 11.6 Å². The van der Waals surface area contributed by atoms with Crippen LogP contribution in [0, 0.1) is 81.8 Å². The van der Waals surface area contributed by atoms with Crippen molar-refractivity contribution in [3.63, 3.8) is 0 Å². The predicted octanol–water partition coefficient (Wildman–Crippen LogP) is 10.4. The summed E-state index contributed by atoms with van der Waals surface area (Å²) in [5, 5.41) is 32.8. The summed E-state index contributed by atoms with van der Waals surface area (Å²) in [6.45, 7) is 7.71. The Balaban J connectivity index is 0.644. The van der Waals surface area contributed by atoms with Gasteiger partial charge in [-0.05, 0) is 229 Å². The van der Waals surface area contributed by atoms with Crippen molar-refractivity contribution in [2.75, 3.05) is 0 Å². The zero-order valence-electron chi connectivity index (χ0n) is 40.1. The summed E-state index contributed by atoms with van der Waals surface area (Å²) in [6.07, 6.45) is 30.0. The molecule has 8 fully saturated rings. The molecular weight excluding hydrogens is 821 g/mol. The Morgan fingerprint density at radius 1 is 0.667 bits per heavy atom. The zero-order chi connectivity index (χ0) is 45.2. The van der Waals surface area contributed by atoms with Crippen molar-refractivity contribution in [2.45, 2.75) is 180 Å². The fraction of sp³-hybridized carbons (Fsp3) is 0.750. The summed E-state index contributed by atoms with van der Waals surface area (Å²) < 4.78 is 3.72. The van der Waals surface area contributed by atoms with Gasteiger partial charge in [-0.3, -0.25) is 28.9 Å². The molecule has 8 aliphatic carbocycles. The minimum atomic E-state index is -0.653. The van der Waals surface area contributed by atoms with Crippen molar-refractivity contribution < 1.29 is 19.8 Å². The number of nitrogens with zero attached hydrogens (tertiary/aromatic N) is 6. The second-order valence-corrected chi connectivity index (χ2v) is 24.7. The first-order valence-electron chi connectivity index (χ1n) is 26.9. The van der Waals surface area contributed by atoms with Crippen LogP contribution in [-0.2, 0) is 29.1 Å². The number of ketones is 2. The summed E-state index contributed by atoms with van der Waals surface area (Å²) >= 11 is 0. The standard InChI is InChI=1S/C56H76N6O4/c1-4-55(65)23-18-37-35(27-55)7-9-41-39(37)16-20-53(2)43(41)11-13-45(53)51(63)32-61-31-49-47(60-61)26-34(29-58-49)15-22-56(66)24-19-38-36(28-56)8-10-42-40(38)17-21-54(3)44(42)12-14-46(54)52(64)33-62-50-6-5-25-57-48(50)30-59-62/h5-6,25-26,29-31,35-46,65-66H,4,7-24,27-28,32-33H2,1-3H3/t35-,36-,37+,38+,39-,40-,41-,42-,43+,44+,45-,46-,53+,54+,55-,56-/m1/s1. The fourth-order valence-electron chi connectivity index (χ4n) is 18.7. The summed E-state index contributed by atoms with van der Waals surface area (Å²) in [6, 6.07) is 6.08. The van der Waals surface area contributed by atoms with E-state index >= 15 is 0 Å². The first-order chi connectivity index (χ1) is 31.8. The van der Waals surface area contributed by atoms with Crippen LogP contribution in [0.3, 0.4) is 0 Å². The molecule has 16 atom stereocenters. The van der Waals surface area contributed by atoms with Gasteiger partial charge in [0, 0.05) is 24.2 Å². The van der Waals surface area contributed by atoms with E-state index in [-0.39, 0.29) is 22.7 Å². The molecule has 8 aliphatic rings. The van der Waals surface area contributed by atoms with E-state index in [4.69, 9.17) is 10.1 Å². The number of carbonyl (C=O) groups is 2. The molecule has 354 valence electrons. The van der Waals surface area contributed by atoms with Gasteiger partial charge in [0.05, 0.1) is 35.7 Å². The highest BCUT2D eigenvalue weighted by Gasteiger charge is 2.61. The Kier molecular flexibility index (Phi) is 10.8. The van der Waals surface area contributed by atoms with E-state index in [0.717, 1.165) is 128 Å². The molecule has 4 heterocycles. The first kappa shape index (κ1) is 43.8. The smallest absolute Gasteiger partial charge is 0.157 e. The fourth-order valence-corrected chi connectivity index (χ4v) is 18.7. The number of rotatable bonds is 10. The second-order valence-electron chi connectivity index (χ2n) is 24.7. The monoisotopic (exact) mass is 897 g/mol. The lowest BCUT2D eigenvalue weighted by atomic mass is 9.48. The van der Waals surface area contributed by atoms with Crippen LogP contribution < -0.4 is 0 Å². The summed E-state index contributed by atoms with van der Waals surface area (Å²) in [5.74, 6) is 7.78. The van der Waals surface area contributed by atoms with Crippen molar-refractivity contribution >= 4 is 33.6 Å². The maximum atomic E-state index is 14.2. The molecule has 10 heteroatoms. The molecule has 0 bridgehead atoms.